The summed E-state index contributed by atoms with van der Waals surface area (Å²) in [6.45, 7) is 0.470. The molecule has 0 spiro atoms. The van der Waals surface area contributed by atoms with Crippen molar-refractivity contribution in [1.82, 2.24) is 35.0 Å². The van der Waals surface area contributed by atoms with Crippen LogP contribution in [0.5, 0.6) is 0 Å². The molecule has 3 rings (SSSR count). The van der Waals surface area contributed by atoms with E-state index in [0.717, 1.165) is 18.2 Å². The molecule has 0 aliphatic carbocycles. The number of amides is 3. The molecule has 0 aliphatic rings. The van der Waals surface area contributed by atoms with Crippen molar-refractivity contribution in [2.24, 2.45) is 0 Å². The van der Waals surface area contributed by atoms with E-state index in [0.29, 0.717) is 0 Å². The molecule has 16 nitrogen and oxygen atoms in total. The normalized spacial score (nSPS) is 10.7. The smallest absolute Gasteiger partial charge is 0.267 e. The van der Waals surface area contributed by atoms with E-state index in [1.807, 2.05) is 0 Å². The second kappa shape index (κ2) is 13.4. The molecule has 0 bridgehead atoms. The number of carbonyl (C=O) groups is 3. The van der Waals surface area contributed by atoms with E-state index in [2.05, 4.69) is 16.0 Å². The van der Waals surface area contributed by atoms with E-state index >= 15 is 0 Å². The number of carbonyl (C=O) groups excluding carboxylic acids is 3. The van der Waals surface area contributed by atoms with E-state index in [1.165, 1.54) is 36.4 Å². The summed E-state index contributed by atoms with van der Waals surface area (Å²) < 4.78 is -0.135. The Labute approximate surface area is 225 Å². The summed E-state index contributed by atoms with van der Waals surface area (Å²) in [6, 6.07) is 10.4. The minimum absolute atomic E-state index is 0.00137. The number of hydrogen-bond acceptors (Lipinski definition) is 10. The number of nitrogens with one attached hydrogen (secondary N) is 3. The number of rotatable bonds is 12. The third-order valence-corrected chi connectivity index (χ3v) is 5.57. The van der Waals surface area contributed by atoms with Gasteiger partial charge in [-0.2, -0.15) is 0 Å². The molecule has 212 valence electrons. The van der Waals surface area contributed by atoms with Gasteiger partial charge in [0.1, 0.15) is 17.1 Å². The van der Waals surface area contributed by atoms with Crippen LogP contribution in [0.2, 0.25) is 0 Å². The van der Waals surface area contributed by atoms with Crippen LogP contribution in [0.15, 0.2) is 69.0 Å². The van der Waals surface area contributed by atoms with Gasteiger partial charge in [0.05, 0.1) is 0 Å². The Morgan fingerprint density at radius 3 is 1.10 bits per heavy atom. The highest BCUT2D eigenvalue weighted by Gasteiger charge is 2.13. The molecule has 3 heterocycles. The van der Waals surface area contributed by atoms with Gasteiger partial charge in [-0.05, 0) is 18.2 Å². The maximum atomic E-state index is 12.3. The number of nitrogens with zero attached hydrogens (tertiary/aromatic N) is 4. The topological polar surface area (TPSA) is 226 Å². The first-order chi connectivity index (χ1) is 19.1. The maximum absolute atomic E-state index is 12.3. The largest absolute Gasteiger partial charge is 0.803 e. The van der Waals surface area contributed by atoms with Crippen LogP contribution in [-0.4, -0.2) is 76.1 Å². The van der Waals surface area contributed by atoms with Crippen molar-refractivity contribution in [3.05, 3.63) is 118 Å². The molecule has 16 heteroatoms. The first-order valence-electron chi connectivity index (χ1n) is 11.9. The lowest BCUT2D eigenvalue weighted by atomic mass is 10.3. The van der Waals surface area contributed by atoms with Gasteiger partial charge < -0.3 is 45.8 Å². The van der Waals surface area contributed by atoms with Crippen molar-refractivity contribution < 1.29 is 14.4 Å². The Kier molecular flexibility index (Phi) is 9.79. The summed E-state index contributed by atoms with van der Waals surface area (Å²) in [6.07, 6.45) is 0. The first-order valence-corrected chi connectivity index (χ1v) is 11.9. The van der Waals surface area contributed by atoms with E-state index in [4.69, 9.17) is 0 Å². The molecule has 0 aliphatic heterocycles. The highest BCUT2D eigenvalue weighted by molar-refractivity contribution is 5.93. The molecule has 0 unspecified atom stereocenters. The zero-order valence-electron chi connectivity index (χ0n) is 20.9. The minimum Gasteiger partial charge on any atom is -0.803 e. The number of hydrogen-bond donors (Lipinski definition) is 3. The fourth-order valence-electron chi connectivity index (χ4n) is 3.52. The Balaban J connectivity index is 1.59. The maximum Gasteiger partial charge on any atom is 0.267 e. The molecule has 0 saturated carbocycles. The van der Waals surface area contributed by atoms with E-state index in [-0.39, 0.29) is 53.5 Å². The van der Waals surface area contributed by atoms with Crippen LogP contribution in [0.1, 0.15) is 31.5 Å². The van der Waals surface area contributed by atoms with Crippen molar-refractivity contribution >= 4 is 17.7 Å². The molecular weight excluding hydrogens is 530 g/mol. The highest BCUT2D eigenvalue weighted by Crippen LogP contribution is 1.98. The summed E-state index contributed by atoms with van der Waals surface area (Å²) in [5.41, 5.74) is -3.87. The predicted molar refractivity (Wildman–Crippen MR) is 142 cm³/mol. The first kappa shape index (κ1) is 29.2. The Morgan fingerprint density at radius 1 is 0.550 bits per heavy atom. The monoisotopic (exact) mass is 554 g/mol. The third kappa shape index (κ3) is 7.35. The summed E-state index contributed by atoms with van der Waals surface area (Å²) >= 11 is 0. The van der Waals surface area contributed by atoms with Gasteiger partial charge in [0.2, 0.25) is 16.7 Å². The predicted octanol–water partition coefficient (Wildman–Crippen LogP) is -1.90. The van der Waals surface area contributed by atoms with Crippen molar-refractivity contribution in [3.63, 3.8) is 0 Å². The van der Waals surface area contributed by atoms with Crippen LogP contribution in [0, 0.1) is 15.6 Å². The molecule has 40 heavy (non-hydrogen) atoms. The second-order valence-corrected chi connectivity index (χ2v) is 8.24. The Morgan fingerprint density at radius 2 is 0.825 bits per heavy atom. The van der Waals surface area contributed by atoms with Crippen molar-refractivity contribution in [3.8, 4) is 0 Å². The van der Waals surface area contributed by atoms with Crippen molar-refractivity contribution in [2.75, 3.05) is 39.3 Å². The lowest BCUT2D eigenvalue weighted by molar-refractivity contribution is 0.0940. The van der Waals surface area contributed by atoms with Crippen molar-refractivity contribution in [1.29, 1.82) is 0 Å². The second-order valence-electron chi connectivity index (χ2n) is 8.24. The minimum atomic E-state index is -0.899. The Hall–Kier alpha value is -5.38. The summed E-state index contributed by atoms with van der Waals surface area (Å²) in [7, 11) is 0. The quantitative estimate of drug-likeness (QED) is 0.225. The number of aromatic nitrogens is 3. The molecule has 3 aromatic heterocycles. The van der Waals surface area contributed by atoms with Crippen LogP contribution in [-0.2, 0) is 0 Å². The van der Waals surface area contributed by atoms with Gasteiger partial charge in [-0.25, -0.2) is 0 Å². The van der Waals surface area contributed by atoms with Crippen LogP contribution >= 0.6 is 0 Å². The zero-order valence-corrected chi connectivity index (χ0v) is 20.9. The molecule has 0 radical (unpaired) electrons. The average molecular weight is 554 g/mol. The fraction of sp³-hybridized carbons (Fsp3) is 0.250. The molecule has 3 N–H and O–H groups in total. The summed E-state index contributed by atoms with van der Waals surface area (Å²) in [4.78, 5) is 73.1. The lowest BCUT2D eigenvalue weighted by Gasteiger charge is -2.24. The van der Waals surface area contributed by atoms with Gasteiger partial charge in [0, 0.05) is 57.5 Å². The summed E-state index contributed by atoms with van der Waals surface area (Å²) in [5, 5.41) is 42.9. The molecule has 0 aromatic carbocycles. The highest BCUT2D eigenvalue weighted by atomic mass is 16.5. The van der Waals surface area contributed by atoms with Crippen molar-refractivity contribution in [2.45, 2.75) is 0 Å². The van der Waals surface area contributed by atoms with E-state index in [1.54, 1.807) is 4.90 Å². The molecule has 3 aromatic rings. The molecule has 0 fully saturated rings. The summed E-state index contributed by atoms with van der Waals surface area (Å²) in [5.74, 6) is -2.36. The van der Waals surface area contributed by atoms with Gasteiger partial charge in [0.25, 0.3) is 17.7 Å². The molecule has 0 atom stereocenters. The van der Waals surface area contributed by atoms with E-state index in [9.17, 15) is 44.4 Å². The van der Waals surface area contributed by atoms with Crippen LogP contribution in [0.3, 0.4) is 0 Å². The van der Waals surface area contributed by atoms with Gasteiger partial charge >= 0.3 is 0 Å². The average Bonchev–Trinajstić information content (AvgIpc) is 2.92. The third-order valence-electron chi connectivity index (χ3n) is 5.57. The molecular formula is C24H24N7O9-3. The fourth-order valence-corrected chi connectivity index (χ4v) is 3.52. The van der Waals surface area contributed by atoms with Gasteiger partial charge in [-0.3, -0.25) is 33.7 Å². The Bertz CT molecular complexity index is 1380. The number of pyridine rings is 3. The molecule has 3 amide bonds. The van der Waals surface area contributed by atoms with Crippen LogP contribution < -0.4 is 32.6 Å². The SMILES string of the molecule is O=C(NCCN(CCNC(=O)c1cccc(=O)n1[O-])CCNC(=O)c1cccc(=O)n1[O-])c1cccc(=O)n1[O-]. The molecule has 0 saturated heterocycles. The van der Waals surface area contributed by atoms with E-state index < -0.39 is 51.5 Å². The van der Waals surface area contributed by atoms with Gasteiger partial charge in [0.15, 0.2) is 0 Å². The van der Waals surface area contributed by atoms with Crippen LogP contribution in [0.25, 0.3) is 0 Å². The van der Waals surface area contributed by atoms with Crippen LogP contribution in [0.4, 0.5) is 0 Å². The standard InChI is InChI=1S/C24H24N7O9/c32-19-7-1-4-16(29(19)38)22(35)25-10-13-28(14-11-26-23(36)17-5-2-8-20(33)30(17)39)15-12-27-24(37)18-6-3-9-21(34)31(18)40/h1-9H,10-15H2,(H,25,35)(H,26,36)(H,27,37)/q-3. The lowest BCUT2D eigenvalue weighted by Crippen LogP contribution is -2.44. The van der Waals surface area contributed by atoms with Gasteiger partial charge in [-0.1, -0.05) is 18.2 Å². The zero-order chi connectivity index (χ0) is 29.2. The van der Waals surface area contributed by atoms with Gasteiger partial charge in [-0.15, -0.1) is 0 Å².